The van der Waals surface area contributed by atoms with E-state index in [1.165, 1.54) is 12.5 Å². The maximum absolute atomic E-state index is 13.1. The molecule has 3 aromatic heterocycles. The highest BCUT2D eigenvalue weighted by molar-refractivity contribution is 6.11. The number of aromatic nitrogens is 5. The summed E-state index contributed by atoms with van der Waals surface area (Å²) in [7, 11) is 4.09. The molecule has 0 bridgehead atoms. The summed E-state index contributed by atoms with van der Waals surface area (Å²) in [6.07, 6.45) is 2.50. The van der Waals surface area contributed by atoms with Crippen LogP contribution in [0.5, 0.6) is 5.88 Å². The molecule has 1 aliphatic carbocycles. The van der Waals surface area contributed by atoms with Crippen LogP contribution in [0.25, 0.3) is 5.65 Å². The van der Waals surface area contributed by atoms with Crippen LogP contribution >= 0.6 is 0 Å². The van der Waals surface area contributed by atoms with Crippen molar-refractivity contribution in [2.75, 3.05) is 25.1 Å². The Hall–Kier alpha value is -3.48. The molecule has 1 amide bonds. The van der Waals surface area contributed by atoms with Crippen LogP contribution in [0.1, 0.15) is 41.7 Å². The minimum absolute atomic E-state index is 0.0789. The molecule has 0 radical (unpaired) electrons. The van der Waals surface area contributed by atoms with E-state index < -0.39 is 17.8 Å². The zero-order valence-corrected chi connectivity index (χ0v) is 18.0. The van der Waals surface area contributed by atoms with Crippen LogP contribution in [0.4, 0.5) is 24.7 Å². The van der Waals surface area contributed by atoms with Crippen LogP contribution < -0.4 is 15.8 Å². The fraction of sp³-hybridized carbons (Fsp3) is 0.450. The summed E-state index contributed by atoms with van der Waals surface area (Å²) in [5.41, 5.74) is 4.21. The van der Waals surface area contributed by atoms with Gasteiger partial charge in [0.25, 0.3) is 5.91 Å². The topological polar surface area (TPSA) is 124 Å². The van der Waals surface area contributed by atoms with E-state index in [1.54, 1.807) is 0 Å². The van der Waals surface area contributed by atoms with Crippen molar-refractivity contribution in [1.82, 2.24) is 29.5 Å². The Morgan fingerprint density at radius 3 is 2.67 bits per heavy atom. The molecular weight excluding hydrogens is 441 g/mol. The van der Waals surface area contributed by atoms with Gasteiger partial charge in [-0.2, -0.15) is 18.2 Å². The van der Waals surface area contributed by atoms with Crippen LogP contribution in [0.15, 0.2) is 24.8 Å². The minimum Gasteiger partial charge on any atom is -0.473 e. The van der Waals surface area contributed by atoms with Gasteiger partial charge in [0, 0.05) is 12.2 Å². The lowest BCUT2D eigenvalue weighted by Crippen LogP contribution is -2.35. The third-order valence-electron chi connectivity index (χ3n) is 5.61. The first kappa shape index (κ1) is 22.7. The van der Waals surface area contributed by atoms with Gasteiger partial charge in [0.15, 0.2) is 11.5 Å². The Morgan fingerprint density at radius 2 is 2.00 bits per heavy atom. The quantitative estimate of drug-likeness (QED) is 0.591. The molecule has 176 valence electrons. The smallest absolute Gasteiger partial charge is 0.433 e. The summed E-state index contributed by atoms with van der Waals surface area (Å²) in [6, 6.07) is 1.24. The van der Waals surface area contributed by atoms with Gasteiger partial charge in [-0.1, -0.05) is 0 Å². The molecule has 1 fully saturated rings. The molecule has 0 aliphatic heterocycles. The number of hydrogen-bond donors (Lipinski definition) is 2. The number of ether oxygens (including phenoxy) is 1. The number of anilines is 2. The first-order valence-corrected chi connectivity index (χ1v) is 10.3. The van der Waals surface area contributed by atoms with E-state index in [1.807, 2.05) is 14.1 Å². The average Bonchev–Trinajstić information content (AvgIpc) is 3.10. The zero-order chi connectivity index (χ0) is 23.8. The molecule has 10 nitrogen and oxygen atoms in total. The summed E-state index contributed by atoms with van der Waals surface area (Å²) in [6.45, 7) is 0. The standard InChI is InChI=1S/C20H23F3N8O2/c1-30(2)11-3-5-12(6-4-11)33-19-13(9-25-10-26-19)27-18(32)15-16(24)29-31-8-7-14(20(21,22)23)28-17(15)31/h7-12H,3-6H2,1-2H3,(H2,24,29)(H,27,32)/t11-,12-. The fourth-order valence-electron chi connectivity index (χ4n) is 3.84. The number of fused-ring (bicyclic) bond motifs is 1. The second-order valence-electron chi connectivity index (χ2n) is 8.05. The SMILES string of the molecule is CN(C)[C@H]1CC[C@H](Oc2ncncc2NC(=O)c2c(N)nn3ccc(C(F)(F)F)nc23)CC1. The van der Waals surface area contributed by atoms with E-state index >= 15 is 0 Å². The number of alkyl halides is 3. The van der Waals surface area contributed by atoms with Gasteiger partial charge in [-0.3, -0.25) is 4.79 Å². The highest BCUT2D eigenvalue weighted by atomic mass is 19.4. The van der Waals surface area contributed by atoms with Gasteiger partial charge in [-0.25, -0.2) is 14.5 Å². The maximum atomic E-state index is 13.1. The van der Waals surface area contributed by atoms with Crippen molar-refractivity contribution < 1.29 is 22.7 Å². The number of amides is 1. The molecule has 1 saturated carbocycles. The van der Waals surface area contributed by atoms with Gasteiger partial charge in [0.1, 0.15) is 29.4 Å². The normalized spacial score (nSPS) is 19.1. The summed E-state index contributed by atoms with van der Waals surface area (Å²) in [4.78, 5) is 26.7. The Balaban J connectivity index is 1.55. The molecule has 3 N–H and O–H groups in total. The van der Waals surface area contributed by atoms with E-state index in [0.29, 0.717) is 6.04 Å². The molecule has 3 heterocycles. The monoisotopic (exact) mass is 464 g/mol. The molecule has 0 unspecified atom stereocenters. The zero-order valence-electron chi connectivity index (χ0n) is 18.0. The van der Waals surface area contributed by atoms with E-state index in [4.69, 9.17) is 10.5 Å². The fourth-order valence-corrected chi connectivity index (χ4v) is 3.84. The Labute approximate surface area is 187 Å². The number of halogens is 3. The van der Waals surface area contributed by atoms with Crippen LogP contribution in [0.2, 0.25) is 0 Å². The predicted octanol–water partition coefficient (Wildman–Crippen LogP) is 2.62. The molecular formula is C20H23F3N8O2. The number of carbonyl (C=O) groups is 1. The molecule has 33 heavy (non-hydrogen) atoms. The van der Waals surface area contributed by atoms with E-state index in [-0.39, 0.29) is 34.7 Å². The molecule has 3 aromatic rings. The summed E-state index contributed by atoms with van der Waals surface area (Å²) in [5, 5.41) is 6.44. The number of rotatable bonds is 5. The number of nitrogens with zero attached hydrogens (tertiary/aromatic N) is 6. The highest BCUT2D eigenvalue weighted by Crippen LogP contribution is 2.31. The summed E-state index contributed by atoms with van der Waals surface area (Å²) in [5.74, 6) is -0.892. The summed E-state index contributed by atoms with van der Waals surface area (Å²) >= 11 is 0. The number of nitrogen functional groups attached to an aromatic ring is 1. The maximum Gasteiger partial charge on any atom is 0.433 e. The van der Waals surface area contributed by atoms with Gasteiger partial charge < -0.3 is 20.7 Å². The van der Waals surface area contributed by atoms with Crippen molar-refractivity contribution in [2.45, 2.75) is 44.0 Å². The summed E-state index contributed by atoms with van der Waals surface area (Å²) < 4.78 is 46.3. The molecule has 1 aliphatic rings. The molecule has 0 aromatic carbocycles. The lowest BCUT2D eigenvalue weighted by molar-refractivity contribution is -0.141. The van der Waals surface area contributed by atoms with Gasteiger partial charge in [0.05, 0.1) is 6.20 Å². The van der Waals surface area contributed by atoms with Crippen molar-refractivity contribution in [3.63, 3.8) is 0 Å². The van der Waals surface area contributed by atoms with Gasteiger partial charge >= 0.3 is 6.18 Å². The lowest BCUT2D eigenvalue weighted by atomic mass is 9.92. The van der Waals surface area contributed by atoms with Gasteiger partial charge in [-0.15, -0.1) is 5.10 Å². The number of nitrogens with two attached hydrogens (primary N) is 1. The number of hydrogen-bond acceptors (Lipinski definition) is 8. The Bertz CT molecular complexity index is 1160. The molecule has 0 atom stereocenters. The predicted molar refractivity (Wildman–Crippen MR) is 113 cm³/mol. The second kappa shape index (κ2) is 8.81. The van der Waals surface area contributed by atoms with Crippen molar-refractivity contribution >= 4 is 23.1 Å². The number of carbonyl (C=O) groups excluding carboxylic acids is 1. The third-order valence-corrected chi connectivity index (χ3v) is 5.61. The van der Waals surface area contributed by atoms with Crippen molar-refractivity contribution in [1.29, 1.82) is 0 Å². The Kier molecular flexibility index (Phi) is 6.06. The van der Waals surface area contributed by atoms with Crippen LogP contribution in [0, 0.1) is 0 Å². The number of nitrogens with one attached hydrogen (secondary N) is 1. The molecule has 13 heteroatoms. The van der Waals surface area contributed by atoms with Gasteiger partial charge in [0.2, 0.25) is 5.88 Å². The van der Waals surface area contributed by atoms with E-state index in [2.05, 4.69) is 30.3 Å². The molecule has 4 rings (SSSR count). The lowest BCUT2D eigenvalue weighted by Gasteiger charge is -2.32. The molecule has 0 saturated heterocycles. The van der Waals surface area contributed by atoms with Crippen molar-refractivity contribution in [3.8, 4) is 5.88 Å². The molecule has 0 spiro atoms. The van der Waals surface area contributed by atoms with E-state index in [0.717, 1.165) is 42.5 Å². The van der Waals surface area contributed by atoms with Crippen molar-refractivity contribution in [2.24, 2.45) is 0 Å². The van der Waals surface area contributed by atoms with Crippen LogP contribution in [-0.2, 0) is 6.18 Å². The largest absolute Gasteiger partial charge is 0.473 e. The van der Waals surface area contributed by atoms with Gasteiger partial charge in [-0.05, 0) is 45.8 Å². The minimum atomic E-state index is -4.69. The Morgan fingerprint density at radius 1 is 1.27 bits per heavy atom. The van der Waals surface area contributed by atoms with Crippen LogP contribution in [0.3, 0.4) is 0 Å². The van der Waals surface area contributed by atoms with Crippen LogP contribution in [-0.4, -0.2) is 61.6 Å². The first-order valence-electron chi connectivity index (χ1n) is 10.3. The average molecular weight is 464 g/mol. The second-order valence-corrected chi connectivity index (χ2v) is 8.05. The first-order chi connectivity index (χ1) is 15.6. The van der Waals surface area contributed by atoms with Crippen molar-refractivity contribution in [3.05, 3.63) is 36.0 Å². The van der Waals surface area contributed by atoms with E-state index in [9.17, 15) is 18.0 Å². The highest BCUT2D eigenvalue weighted by Gasteiger charge is 2.34. The third kappa shape index (κ3) is 4.82.